The molecule has 0 unspecified atom stereocenters. The van der Waals surface area contributed by atoms with Crippen LogP contribution in [0.5, 0.6) is 0 Å². The molecule has 24 heavy (non-hydrogen) atoms. The van der Waals surface area contributed by atoms with Crippen LogP contribution in [0.4, 0.5) is 5.95 Å². The van der Waals surface area contributed by atoms with Crippen LogP contribution in [0, 0.1) is 13.8 Å². The van der Waals surface area contributed by atoms with E-state index >= 15 is 0 Å². The van der Waals surface area contributed by atoms with E-state index in [0.29, 0.717) is 12.5 Å². The third kappa shape index (κ3) is 3.79. The number of anilines is 1. The van der Waals surface area contributed by atoms with Gasteiger partial charge in [0.2, 0.25) is 5.95 Å². The first kappa shape index (κ1) is 16.2. The van der Waals surface area contributed by atoms with E-state index < -0.39 is 0 Å². The van der Waals surface area contributed by atoms with E-state index in [1.54, 1.807) is 6.20 Å². The smallest absolute Gasteiger partial charge is 0.223 e. The largest absolute Gasteiger partial charge is 0.350 e. The molecule has 0 atom stereocenters. The number of rotatable bonds is 6. The molecule has 0 bridgehead atoms. The molecule has 0 radical (unpaired) electrons. The lowest BCUT2D eigenvalue weighted by atomic mass is 10.1. The zero-order chi connectivity index (χ0) is 16.9. The van der Waals surface area contributed by atoms with Gasteiger partial charge >= 0.3 is 0 Å². The van der Waals surface area contributed by atoms with Crippen molar-refractivity contribution in [3.05, 3.63) is 59.5 Å². The molecular weight excluding hydrogens is 298 g/mol. The summed E-state index contributed by atoms with van der Waals surface area (Å²) in [4.78, 5) is 8.96. The zero-order valence-electron chi connectivity index (χ0n) is 14.5. The number of nitrogens with zero attached hydrogens (tertiary/aromatic N) is 4. The van der Waals surface area contributed by atoms with Crippen molar-refractivity contribution in [2.75, 3.05) is 5.32 Å². The van der Waals surface area contributed by atoms with Crippen LogP contribution in [0.25, 0.3) is 11.3 Å². The van der Waals surface area contributed by atoms with Gasteiger partial charge in [0, 0.05) is 31.0 Å². The van der Waals surface area contributed by atoms with Gasteiger partial charge in [-0.05, 0) is 31.9 Å². The summed E-state index contributed by atoms with van der Waals surface area (Å²) in [5.74, 6) is 0.636. The molecule has 0 aliphatic carbocycles. The summed E-state index contributed by atoms with van der Waals surface area (Å²) in [5.41, 5.74) is 5.42. The topological polar surface area (TPSA) is 55.6 Å². The maximum Gasteiger partial charge on any atom is 0.223 e. The van der Waals surface area contributed by atoms with Gasteiger partial charge in [0.25, 0.3) is 0 Å². The number of hydrogen-bond donors (Lipinski definition) is 1. The van der Waals surface area contributed by atoms with Gasteiger partial charge in [-0.1, -0.05) is 36.8 Å². The normalized spacial score (nSPS) is 10.8. The molecule has 2 aromatic heterocycles. The molecule has 0 amide bonds. The minimum Gasteiger partial charge on any atom is -0.350 e. The van der Waals surface area contributed by atoms with Crippen molar-refractivity contribution in [1.29, 1.82) is 0 Å². The fourth-order valence-electron chi connectivity index (χ4n) is 2.71. The molecule has 1 N–H and O–H groups in total. The molecule has 0 aliphatic rings. The molecule has 1 aromatic carbocycles. The Hall–Kier alpha value is -2.69. The number of nitrogens with one attached hydrogen (secondary N) is 1. The summed E-state index contributed by atoms with van der Waals surface area (Å²) in [5, 5.41) is 7.85. The maximum absolute atomic E-state index is 4.64. The van der Waals surface area contributed by atoms with Crippen LogP contribution in [0.2, 0.25) is 0 Å². The Kier molecular flexibility index (Phi) is 4.89. The predicted molar refractivity (Wildman–Crippen MR) is 96.8 cm³/mol. The summed E-state index contributed by atoms with van der Waals surface area (Å²) in [6.07, 6.45) is 4.91. The molecule has 0 saturated carbocycles. The number of benzene rings is 1. The number of hydrogen-bond acceptors (Lipinski definition) is 4. The Morgan fingerprint density at radius 2 is 2.04 bits per heavy atom. The van der Waals surface area contributed by atoms with Gasteiger partial charge < -0.3 is 5.32 Å². The van der Waals surface area contributed by atoms with Gasteiger partial charge in [0.15, 0.2) is 0 Å². The first-order valence-electron chi connectivity index (χ1n) is 8.32. The minimum atomic E-state index is 0.636. The van der Waals surface area contributed by atoms with Crippen molar-refractivity contribution in [3.63, 3.8) is 0 Å². The van der Waals surface area contributed by atoms with E-state index in [-0.39, 0.29) is 0 Å². The third-order valence-electron chi connectivity index (χ3n) is 3.86. The average Bonchev–Trinajstić information content (AvgIpc) is 2.94. The van der Waals surface area contributed by atoms with Gasteiger partial charge in [-0.3, -0.25) is 4.68 Å². The highest BCUT2D eigenvalue weighted by Gasteiger charge is 2.09. The van der Waals surface area contributed by atoms with Crippen molar-refractivity contribution in [1.82, 2.24) is 19.7 Å². The lowest BCUT2D eigenvalue weighted by molar-refractivity contribution is 0.598. The van der Waals surface area contributed by atoms with E-state index in [4.69, 9.17) is 0 Å². The highest BCUT2D eigenvalue weighted by Crippen LogP contribution is 2.21. The van der Waals surface area contributed by atoms with Crippen molar-refractivity contribution >= 4 is 5.95 Å². The van der Waals surface area contributed by atoms with E-state index in [2.05, 4.69) is 64.7 Å². The lowest BCUT2D eigenvalue weighted by Gasteiger charge is -2.07. The van der Waals surface area contributed by atoms with Crippen LogP contribution in [0.1, 0.15) is 30.2 Å². The van der Waals surface area contributed by atoms with Crippen molar-refractivity contribution < 1.29 is 0 Å². The quantitative estimate of drug-likeness (QED) is 0.746. The van der Waals surface area contributed by atoms with Gasteiger partial charge in [-0.25, -0.2) is 9.97 Å². The summed E-state index contributed by atoms with van der Waals surface area (Å²) >= 11 is 0. The summed E-state index contributed by atoms with van der Waals surface area (Å²) in [6, 6.07) is 10.4. The van der Waals surface area contributed by atoms with Crippen LogP contribution in [0.15, 0.2) is 42.7 Å². The fraction of sp³-hybridized carbons (Fsp3) is 0.316. The standard InChI is InChI=1S/C19H23N5/c1-4-10-24-13-17(15(3)23-24)18-8-9-20-19(22-18)21-12-16-7-5-6-14(2)11-16/h5-9,11,13H,4,10,12H2,1-3H3,(H,20,21,22). The van der Waals surface area contributed by atoms with Crippen LogP contribution in [0.3, 0.4) is 0 Å². The average molecular weight is 321 g/mol. The molecule has 0 fully saturated rings. The summed E-state index contributed by atoms with van der Waals surface area (Å²) in [6.45, 7) is 7.89. The highest BCUT2D eigenvalue weighted by atomic mass is 15.3. The Morgan fingerprint density at radius 1 is 1.17 bits per heavy atom. The first-order valence-corrected chi connectivity index (χ1v) is 8.32. The number of aromatic nitrogens is 4. The monoisotopic (exact) mass is 321 g/mol. The Balaban J connectivity index is 1.76. The van der Waals surface area contributed by atoms with E-state index in [9.17, 15) is 0 Å². The molecule has 124 valence electrons. The first-order chi connectivity index (χ1) is 11.7. The van der Waals surface area contributed by atoms with E-state index in [1.807, 2.05) is 17.7 Å². The molecule has 0 aliphatic heterocycles. The molecule has 0 spiro atoms. The third-order valence-corrected chi connectivity index (χ3v) is 3.86. The second-order valence-electron chi connectivity index (χ2n) is 6.00. The van der Waals surface area contributed by atoms with Crippen LogP contribution >= 0.6 is 0 Å². The minimum absolute atomic E-state index is 0.636. The lowest BCUT2D eigenvalue weighted by Crippen LogP contribution is -2.04. The Labute approximate surface area is 142 Å². The SMILES string of the molecule is CCCn1cc(-c2ccnc(NCc3cccc(C)c3)n2)c(C)n1. The van der Waals surface area contributed by atoms with E-state index in [1.165, 1.54) is 11.1 Å². The molecule has 2 heterocycles. The molecule has 0 saturated heterocycles. The Bertz CT molecular complexity index is 822. The van der Waals surface area contributed by atoms with Crippen LogP contribution in [-0.4, -0.2) is 19.7 Å². The molecule has 5 heteroatoms. The molecule has 5 nitrogen and oxygen atoms in total. The zero-order valence-corrected chi connectivity index (χ0v) is 14.5. The second kappa shape index (κ2) is 7.25. The highest BCUT2D eigenvalue weighted by molar-refractivity contribution is 5.61. The maximum atomic E-state index is 4.64. The van der Waals surface area contributed by atoms with Crippen molar-refractivity contribution in [2.24, 2.45) is 0 Å². The van der Waals surface area contributed by atoms with E-state index in [0.717, 1.165) is 29.9 Å². The molecule has 3 aromatic rings. The van der Waals surface area contributed by atoms with Crippen LogP contribution < -0.4 is 5.32 Å². The Morgan fingerprint density at radius 3 is 2.83 bits per heavy atom. The van der Waals surface area contributed by atoms with Gasteiger partial charge in [-0.2, -0.15) is 5.10 Å². The van der Waals surface area contributed by atoms with Crippen molar-refractivity contribution in [3.8, 4) is 11.3 Å². The second-order valence-corrected chi connectivity index (χ2v) is 6.00. The molecular formula is C19H23N5. The molecule has 3 rings (SSSR count). The van der Waals surface area contributed by atoms with Gasteiger partial charge in [-0.15, -0.1) is 0 Å². The van der Waals surface area contributed by atoms with Crippen molar-refractivity contribution in [2.45, 2.75) is 40.3 Å². The summed E-state index contributed by atoms with van der Waals surface area (Å²) < 4.78 is 1.98. The summed E-state index contributed by atoms with van der Waals surface area (Å²) in [7, 11) is 0. The van der Waals surface area contributed by atoms with Crippen LogP contribution in [-0.2, 0) is 13.1 Å². The predicted octanol–water partition coefficient (Wildman–Crippen LogP) is 3.98. The fourth-order valence-corrected chi connectivity index (χ4v) is 2.71. The van der Waals surface area contributed by atoms with Gasteiger partial charge in [0.1, 0.15) is 0 Å². The van der Waals surface area contributed by atoms with Gasteiger partial charge in [0.05, 0.1) is 11.4 Å². The number of aryl methyl sites for hydroxylation is 3.